The SMILES string of the molecule is CC(C)OC(=O)CN(c1cc(Cl)ccc1Cl)S(=O)(=O)c1ccc(Cl)c(Cl)c1. The highest BCUT2D eigenvalue weighted by Gasteiger charge is 2.30. The zero-order chi connectivity index (χ0) is 20.4. The minimum Gasteiger partial charge on any atom is -0.462 e. The van der Waals surface area contributed by atoms with Crippen molar-refractivity contribution in [1.29, 1.82) is 0 Å². The lowest BCUT2D eigenvalue weighted by Crippen LogP contribution is -2.37. The van der Waals surface area contributed by atoms with Gasteiger partial charge in [-0.05, 0) is 50.2 Å². The van der Waals surface area contributed by atoms with Crippen molar-refractivity contribution in [2.24, 2.45) is 0 Å². The highest BCUT2D eigenvalue weighted by molar-refractivity contribution is 7.92. The fourth-order valence-corrected chi connectivity index (χ4v) is 4.40. The van der Waals surface area contributed by atoms with E-state index in [1.807, 2.05) is 0 Å². The monoisotopic (exact) mass is 469 g/mol. The van der Waals surface area contributed by atoms with Crippen LogP contribution in [0.2, 0.25) is 20.1 Å². The van der Waals surface area contributed by atoms with Gasteiger partial charge in [-0.2, -0.15) is 0 Å². The van der Waals surface area contributed by atoms with Gasteiger partial charge in [0.1, 0.15) is 6.54 Å². The van der Waals surface area contributed by atoms with Crippen LogP contribution in [0.4, 0.5) is 5.69 Å². The van der Waals surface area contributed by atoms with Crippen LogP contribution in [-0.4, -0.2) is 27.0 Å². The minimum absolute atomic E-state index is 0.0379. The van der Waals surface area contributed by atoms with Crippen LogP contribution in [0, 0.1) is 0 Å². The fraction of sp³-hybridized carbons (Fsp3) is 0.235. The Morgan fingerprint density at radius 3 is 2.22 bits per heavy atom. The van der Waals surface area contributed by atoms with Gasteiger partial charge in [0.05, 0.1) is 31.8 Å². The van der Waals surface area contributed by atoms with Crippen LogP contribution in [0.3, 0.4) is 0 Å². The van der Waals surface area contributed by atoms with E-state index in [1.54, 1.807) is 13.8 Å². The normalized spacial score (nSPS) is 11.5. The first-order valence-electron chi connectivity index (χ1n) is 7.64. The molecule has 0 radical (unpaired) electrons. The maximum atomic E-state index is 13.2. The Labute approximate surface area is 177 Å². The van der Waals surface area contributed by atoms with E-state index in [0.29, 0.717) is 0 Å². The van der Waals surface area contributed by atoms with Crippen LogP contribution in [0.25, 0.3) is 0 Å². The second kappa shape index (κ2) is 8.88. The zero-order valence-electron chi connectivity index (χ0n) is 14.2. The molecule has 27 heavy (non-hydrogen) atoms. The molecule has 0 unspecified atom stereocenters. The third-order valence-corrected chi connectivity index (χ3v) is 6.35. The molecule has 0 N–H and O–H groups in total. The maximum absolute atomic E-state index is 13.2. The number of benzene rings is 2. The third-order valence-electron chi connectivity index (χ3n) is 3.30. The van der Waals surface area contributed by atoms with Crippen molar-refractivity contribution in [3.05, 3.63) is 56.5 Å². The van der Waals surface area contributed by atoms with Gasteiger partial charge in [0.2, 0.25) is 0 Å². The van der Waals surface area contributed by atoms with Crippen LogP contribution in [0.5, 0.6) is 0 Å². The van der Waals surface area contributed by atoms with Crippen molar-refractivity contribution in [2.45, 2.75) is 24.8 Å². The number of ether oxygens (including phenoxy) is 1. The molecule has 0 aliphatic heterocycles. The first kappa shape index (κ1) is 22.1. The van der Waals surface area contributed by atoms with Crippen LogP contribution in [0.1, 0.15) is 13.8 Å². The van der Waals surface area contributed by atoms with Crippen LogP contribution < -0.4 is 4.31 Å². The van der Waals surface area contributed by atoms with Gasteiger partial charge in [0, 0.05) is 5.02 Å². The van der Waals surface area contributed by atoms with E-state index >= 15 is 0 Å². The summed E-state index contributed by atoms with van der Waals surface area (Å²) in [5, 5.41) is 0.600. The Kier molecular flexibility index (Phi) is 7.27. The molecule has 0 atom stereocenters. The molecule has 0 aliphatic carbocycles. The molecule has 0 aliphatic rings. The van der Waals surface area contributed by atoms with Crippen molar-refractivity contribution < 1.29 is 17.9 Å². The lowest BCUT2D eigenvalue weighted by molar-refractivity contribution is -0.145. The fourth-order valence-electron chi connectivity index (χ4n) is 2.16. The summed E-state index contributed by atoms with van der Waals surface area (Å²) in [6.07, 6.45) is -0.415. The number of hydrogen-bond acceptors (Lipinski definition) is 4. The molecule has 2 rings (SSSR count). The summed E-state index contributed by atoms with van der Waals surface area (Å²) in [6.45, 7) is 2.71. The molecule has 0 fully saturated rings. The van der Waals surface area contributed by atoms with Crippen LogP contribution in [-0.2, 0) is 19.6 Å². The first-order chi connectivity index (χ1) is 12.5. The molecule has 146 valence electrons. The maximum Gasteiger partial charge on any atom is 0.327 e. The van der Waals surface area contributed by atoms with Gasteiger partial charge >= 0.3 is 5.97 Å². The topological polar surface area (TPSA) is 63.7 Å². The lowest BCUT2D eigenvalue weighted by Gasteiger charge is -2.25. The molecule has 0 aromatic heterocycles. The Morgan fingerprint density at radius 1 is 1.00 bits per heavy atom. The van der Waals surface area contributed by atoms with E-state index in [1.165, 1.54) is 36.4 Å². The predicted octanol–water partition coefficient (Wildman–Crippen LogP) is 5.45. The van der Waals surface area contributed by atoms with Gasteiger partial charge in [-0.25, -0.2) is 8.42 Å². The van der Waals surface area contributed by atoms with Crippen LogP contribution in [0.15, 0.2) is 41.3 Å². The number of nitrogens with zero attached hydrogens (tertiary/aromatic N) is 1. The quantitative estimate of drug-likeness (QED) is 0.526. The van der Waals surface area contributed by atoms with Crippen molar-refractivity contribution in [3.63, 3.8) is 0 Å². The molecule has 5 nitrogen and oxygen atoms in total. The number of sulfonamides is 1. The van der Waals surface area contributed by atoms with Gasteiger partial charge in [0.25, 0.3) is 10.0 Å². The third kappa shape index (κ3) is 5.42. The summed E-state index contributed by atoms with van der Waals surface area (Å²) in [4.78, 5) is 12.0. The van der Waals surface area contributed by atoms with Gasteiger partial charge in [-0.3, -0.25) is 9.10 Å². The number of halogens is 4. The Balaban J connectivity index is 2.58. The van der Waals surface area contributed by atoms with Crippen molar-refractivity contribution in [2.75, 3.05) is 10.8 Å². The average molecular weight is 471 g/mol. The van der Waals surface area contributed by atoms with Gasteiger partial charge in [-0.15, -0.1) is 0 Å². The van der Waals surface area contributed by atoms with Gasteiger partial charge in [-0.1, -0.05) is 46.4 Å². The molecule has 0 amide bonds. The van der Waals surface area contributed by atoms with E-state index in [2.05, 4.69) is 0 Å². The smallest absolute Gasteiger partial charge is 0.327 e. The Hall–Kier alpha value is -1.18. The summed E-state index contributed by atoms with van der Waals surface area (Å²) in [7, 11) is -4.22. The first-order valence-corrected chi connectivity index (χ1v) is 10.6. The number of anilines is 1. The van der Waals surface area contributed by atoms with Crippen molar-refractivity contribution >= 4 is 68.1 Å². The summed E-state index contributed by atoms with van der Waals surface area (Å²) in [5.41, 5.74) is 0.0379. The lowest BCUT2D eigenvalue weighted by atomic mass is 10.3. The molecule has 0 saturated heterocycles. The predicted molar refractivity (Wildman–Crippen MR) is 109 cm³/mol. The summed E-state index contributed by atoms with van der Waals surface area (Å²) < 4.78 is 32.3. The molecule has 0 bridgehead atoms. The summed E-state index contributed by atoms with van der Waals surface area (Å²) in [5.74, 6) is -0.746. The molecular weight excluding hydrogens is 456 g/mol. The molecule has 0 saturated carbocycles. The number of hydrogen-bond donors (Lipinski definition) is 0. The number of esters is 1. The minimum atomic E-state index is -4.22. The molecule has 0 heterocycles. The second-order valence-electron chi connectivity index (χ2n) is 5.72. The van der Waals surface area contributed by atoms with Crippen molar-refractivity contribution in [1.82, 2.24) is 0 Å². The molecule has 10 heteroatoms. The van der Waals surface area contributed by atoms with Crippen molar-refractivity contribution in [3.8, 4) is 0 Å². The molecular formula is C17H15Cl4NO4S. The Bertz CT molecular complexity index is 963. The zero-order valence-corrected chi connectivity index (χ0v) is 18.1. The van der Waals surface area contributed by atoms with Gasteiger partial charge < -0.3 is 4.74 Å². The summed E-state index contributed by atoms with van der Waals surface area (Å²) >= 11 is 24.0. The highest BCUT2D eigenvalue weighted by atomic mass is 35.5. The average Bonchev–Trinajstić information content (AvgIpc) is 2.56. The van der Waals surface area contributed by atoms with E-state index in [9.17, 15) is 13.2 Å². The summed E-state index contributed by atoms with van der Waals surface area (Å²) in [6, 6.07) is 8.11. The number of carbonyl (C=O) groups is 1. The number of rotatable bonds is 6. The van der Waals surface area contributed by atoms with E-state index < -0.39 is 28.6 Å². The molecule has 2 aromatic carbocycles. The second-order valence-corrected chi connectivity index (χ2v) is 9.24. The standard InChI is InChI=1S/C17H15Cl4NO4S/c1-10(2)26-17(23)9-22(16-7-11(18)3-5-14(16)20)27(24,25)12-4-6-13(19)15(21)8-12/h3-8,10H,9H2,1-2H3. The largest absolute Gasteiger partial charge is 0.462 e. The van der Waals surface area contributed by atoms with E-state index in [0.717, 1.165) is 4.31 Å². The van der Waals surface area contributed by atoms with E-state index in [4.69, 9.17) is 51.1 Å². The van der Waals surface area contributed by atoms with Gasteiger partial charge in [0.15, 0.2) is 0 Å². The Morgan fingerprint density at radius 2 is 1.63 bits per heavy atom. The van der Waals surface area contributed by atoms with Crippen LogP contribution >= 0.6 is 46.4 Å². The number of carbonyl (C=O) groups excluding carboxylic acids is 1. The highest BCUT2D eigenvalue weighted by Crippen LogP contribution is 2.34. The molecule has 0 spiro atoms. The molecule has 2 aromatic rings. The van der Waals surface area contributed by atoms with E-state index in [-0.39, 0.29) is 30.7 Å².